The Bertz CT molecular complexity index is 733. The largest absolute Gasteiger partial charge is 0.406 e. The van der Waals surface area contributed by atoms with E-state index in [0.717, 1.165) is 25.2 Å². The van der Waals surface area contributed by atoms with Crippen molar-refractivity contribution in [3.63, 3.8) is 0 Å². The first-order chi connectivity index (χ1) is 11.7. The molecule has 26 heavy (non-hydrogen) atoms. The molecule has 2 atom stereocenters. The molecular formula is C17H23ClF3N3O2. The van der Waals surface area contributed by atoms with Crippen LogP contribution in [0.2, 0.25) is 0 Å². The minimum atomic E-state index is -4.51. The van der Waals surface area contributed by atoms with Crippen molar-refractivity contribution in [2.24, 2.45) is 5.92 Å². The second-order valence-electron chi connectivity index (χ2n) is 7.19. The molecule has 0 aromatic carbocycles. The molecule has 3 rings (SSSR count). The van der Waals surface area contributed by atoms with Gasteiger partial charge in [-0.3, -0.25) is 9.59 Å². The zero-order valence-electron chi connectivity index (χ0n) is 14.7. The quantitative estimate of drug-likeness (QED) is 0.858. The Labute approximate surface area is 156 Å². The highest BCUT2D eigenvalue weighted by Crippen LogP contribution is 2.32. The van der Waals surface area contributed by atoms with Gasteiger partial charge in [0.25, 0.3) is 11.5 Å². The van der Waals surface area contributed by atoms with Crippen LogP contribution in [0.1, 0.15) is 42.2 Å². The predicted octanol–water partition coefficient (Wildman–Crippen LogP) is 2.39. The third kappa shape index (κ3) is 4.06. The lowest BCUT2D eigenvalue weighted by atomic mass is 9.84. The van der Waals surface area contributed by atoms with Gasteiger partial charge in [-0.05, 0) is 44.9 Å². The first-order valence-corrected chi connectivity index (χ1v) is 8.49. The van der Waals surface area contributed by atoms with Crippen molar-refractivity contribution in [2.45, 2.75) is 44.9 Å². The fraction of sp³-hybridized carbons (Fsp3) is 0.647. The topological polar surface area (TPSA) is 54.3 Å². The summed E-state index contributed by atoms with van der Waals surface area (Å²) >= 11 is 0. The van der Waals surface area contributed by atoms with E-state index in [9.17, 15) is 22.8 Å². The first-order valence-electron chi connectivity index (χ1n) is 8.49. The normalized spacial score (nSPS) is 21.8. The molecule has 9 heteroatoms. The minimum absolute atomic E-state index is 0. The molecule has 0 radical (unpaired) electrons. The van der Waals surface area contributed by atoms with Crippen LogP contribution in [0, 0.1) is 5.92 Å². The molecule has 2 aliphatic rings. The van der Waals surface area contributed by atoms with Gasteiger partial charge in [0.1, 0.15) is 12.1 Å². The van der Waals surface area contributed by atoms with Gasteiger partial charge in [0.05, 0.1) is 0 Å². The average Bonchev–Trinajstić information content (AvgIpc) is 2.52. The van der Waals surface area contributed by atoms with Gasteiger partial charge in [0.2, 0.25) is 0 Å². The van der Waals surface area contributed by atoms with E-state index in [1.54, 1.807) is 10.6 Å². The lowest BCUT2D eigenvalue weighted by Gasteiger charge is -2.37. The smallest absolute Gasteiger partial charge is 0.327 e. The number of piperidine rings is 1. The second kappa shape index (κ2) is 7.60. The molecule has 1 aromatic rings. The SMILES string of the molecule is CC(C)N(CC(F)(F)F)C(=O)c1ccc2n(c1=O)C[C@@H]1CNC[C@H]2C1.Cl. The monoisotopic (exact) mass is 393 g/mol. The summed E-state index contributed by atoms with van der Waals surface area (Å²) in [5.74, 6) is -0.340. The van der Waals surface area contributed by atoms with Crippen LogP contribution in [-0.4, -0.2) is 47.2 Å². The summed E-state index contributed by atoms with van der Waals surface area (Å²) in [6.07, 6.45) is -3.51. The molecule has 1 fully saturated rings. The Kier molecular flexibility index (Phi) is 6.07. The molecule has 5 nitrogen and oxygen atoms in total. The molecule has 0 saturated carbocycles. The number of rotatable bonds is 3. The van der Waals surface area contributed by atoms with Crippen molar-refractivity contribution in [2.75, 3.05) is 19.6 Å². The highest BCUT2D eigenvalue weighted by atomic mass is 35.5. The molecular weight excluding hydrogens is 371 g/mol. The highest BCUT2D eigenvalue weighted by molar-refractivity contribution is 5.94. The Balaban J connectivity index is 0.00000243. The number of carbonyl (C=O) groups excluding carboxylic acids is 1. The number of nitrogens with one attached hydrogen (secondary N) is 1. The molecule has 0 unspecified atom stereocenters. The van der Waals surface area contributed by atoms with Gasteiger partial charge in [0.15, 0.2) is 0 Å². The minimum Gasteiger partial charge on any atom is -0.327 e. The van der Waals surface area contributed by atoms with E-state index in [0.29, 0.717) is 17.4 Å². The van der Waals surface area contributed by atoms with Crippen LogP contribution in [-0.2, 0) is 6.54 Å². The summed E-state index contributed by atoms with van der Waals surface area (Å²) in [6, 6.07) is 2.45. The Morgan fingerprint density at radius 1 is 1.35 bits per heavy atom. The van der Waals surface area contributed by atoms with Crippen LogP contribution in [0.4, 0.5) is 13.2 Å². The summed E-state index contributed by atoms with van der Waals surface area (Å²) in [5, 5.41) is 3.33. The van der Waals surface area contributed by atoms with Gasteiger partial charge >= 0.3 is 6.18 Å². The first kappa shape index (κ1) is 20.8. The number of amides is 1. The van der Waals surface area contributed by atoms with Crippen molar-refractivity contribution < 1.29 is 18.0 Å². The number of aromatic nitrogens is 1. The maximum atomic E-state index is 12.8. The van der Waals surface area contributed by atoms with E-state index in [4.69, 9.17) is 0 Å². The number of pyridine rings is 1. The number of carbonyl (C=O) groups is 1. The number of hydrogen-bond acceptors (Lipinski definition) is 3. The average molecular weight is 394 g/mol. The lowest BCUT2D eigenvalue weighted by Crippen LogP contribution is -2.48. The molecule has 1 saturated heterocycles. The van der Waals surface area contributed by atoms with E-state index < -0.39 is 30.2 Å². The Morgan fingerprint density at radius 3 is 2.65 bits per heavy atom. The second-order valence-corrected chi connectivity index (χ2v) is 7.19. The Morgan fingerprint density at radius 2 is 2.04 bits per heavy atom. The zero-order valence-corrected chi connectivity index (χ0v) is 15.5. The number of halogens is 4. The van der Waals surface area contributed by atoms with Crippen LogP contribution in [0.15, 0.2) is 16.9 Å². The van der Waals surface area contributed by atoms with Gasteiger partial charge in [-0.25, -0.2) is 0 Å². The number of fused-ring (bicyclic) bond motifs is 4. The van der Waals surface area contributed by atoms with Gasteiger partial charge in [-0.2, -0.15) is 13.2 Å². The molecule has 0 spiro atoms. The summed E-state index contributed by atoms with van der Waals surface area (Å²) in [7, 11) is 0. The molecule has 1 amide bonds. The van der Waals surface area contributed by atoms with Crippen molar-refractivity contribution in [3.8, 4) is 0 Å². The molecule has 1 aromatic heterocycles. The maximum Gasteiger partial charge on any atom is 0.406 e. The molecule has 146 valence electrons. The maximum absolute atomic E-state index is 12.8. The van der Waals surface area contributed by atoms with Gasteiger partial charge in [0, 0.05) is 30.7 Å². The fourth-order valence-corrected chi connectivity index (χ4v) is 3.79. The van der Waals surface area contributed by atoms with E-state index >= 15 is 0 Å². The van der Waals surface area contributed by atoms with E-state index in [1.165, 1.54) is 19.9 Å². The molecule has 0 aliphatic carbocycles. The van der Waals surface area contributed by atoms with Gasteiger partial charge in [-0.1, -0.05) is 0 Å². The zero-order chi connectivity index (χ0) is 18.4. The lowest BCUT2D eigenvalue weighted by molar-refractivity contribution is -0.143. The van der Waals surface area contributed by atoms with Gasteiger partial charge in [-0.15, -0.1) is 12.4 Å². The summed E-state index contributed by atoms with van der Waals surface area (Å²) in [4.78, 5) is 26.1. The van der Waals surface area contributed by atoms with Crippen LogP contribution < -0.4 is 10.9 Å². The molecule has 2 aliphatic heterocycles. The molecule has 2 bridgehead atoms. The van der Waals surface area contributed by atoms with E-state index in [-0.39, 0.29) is 23.9 Å². The number of hydrogen-bond donors (Lipinski definition) is 1. The van der Waals surface area contributed by atoms with Gasteiger partial charge < -0.3 is 14.8 Å². The standard InChI is InChI=1S/C17H22F3N3O2.ClH/c1-10(2)23(9-17(18,19)20)16(25)13-3-4-14-12-5-11(6-21-7-12)8-22(14)15(13)24;/h3-4,10-12,21H,5-9H2,1-2H3;1H/t11-,12+;/m0./s1. The summed E-state index contributed by atoms with van der Waals surface area (Å²) in [6.45, 7) is 3.74. The van der Waals surface area contributed by atoms with Crippen molar-refractivity contribution in [1.29, 1.82) is 0 Å². The van der Waals surface area contributed by atoms with E-state index in [1.807, 2.05) is 0 Å². The summed E-state index contributed by atoms with van der Waals surface area (Å²) in [5.41, 5.74) is 0.193. The van der Waals surface area contributed by atoms with Crippen molar-refractivity contribution in [3.05, 3.63) is 33.7 Å². The third-order valence-corrected chi connectivity index (χ3v) is 4.97. The van der Waals surface area contributed by atoms with Crippen LogP contribution >= 0.6 is 12.4 Å². The Hall–Kier alpha value is -1.54. The van der Waals surface area contributed by atoms with E-state index in [2.05, 4.69) is 5.32 Å². The number of nitrogens with zero attached hydrogens (tertiary/aromatic N) is 2. The van der Waals surface area contributed by atoms with Crippen LogP contribution in [0.5, 0.6) is 0 Å². The van der Waals surface area contributed by atoms with Crippen LogP contribution in [0.3, 0.4) is 0 Å². The molecule has 1 N–H and O–H groups in total. The predicted molar refractivity (Wildman–Crippen MR) is 93.9 cm³/mol. The summed E-state index contributed by atoms with van der Waals surface area (Å²) < 4.78 is 39.9. The van der Waals surface area contributed by atoms with Crippen LogP contribution in [0.25, 0.3) is 0 Å². The number of alkyl halides is 3. The molecule has 3 heterocycles. The fourth-order valence-electron chi connectivity index (χ4n) is 3.79. The van der Waals surface area contributed by atoms with Crippen molar-refractivity contribution in [1.82, 2.24) is 14.8 Å². The van der Waals surface area contributed by atoms with Crippen molar-refractivity contribution >= 4 is 18.3 Å². The third-order valence-electron chi connectivity index (χ3n) is 4.97. The highest BCUT2D eigenvalue weighted by Gasteiger charge is 2.37.